The van der Waals surface area contributed by atoms with E-state index in [0.717, 1.165) is 10.9 Å². The van der Waals surface area contributed by atoms with Gasteiger partial charge in [-0.3, -0.25) is 4.79 Å². The van der Waals surface area contributed by atoms with Crippen LogP contribution in [0.4, 0.5) is 0 Å². The highest BCUT2D eigenvalue weighted by Crippen LogP contribution is 2.16. The number of hydrogen-bond donors (Lipinski definition) is 1. The fraction of sp³-hybridized carbons (Fsp3) is 0.188. The molecule has 0 atom stereocenters. The van der Waals surface area contributed by atoms with Crippen LogP contribution in [-0.2, 0) is 16.7 Å². The largest absolute Gasteiger partial charge is 0.484 e. The van der Waals surface area contributed by atoms with Gasteiger partial charge >= 0.3 is 0 Å². The molecule has 0 aromatic heterocycles. The van der Waals surface area contributed by atoms with Crippen molar-refractivity contribution in [1.82, 2.24) is 5.32 Å². The molecule has 0 aliphatic heterocycles. The van der Waals surface area contributed by atoms with Crippen molar-refractivity contribution in [2.45, 2.75) is 11.9 Å². The third-order valence-corrected chi connectivity index (χ3v) is 3.68. The number of rotatable bonds is 6. The van der Waals surface area contributed by atoms with E-state index in [9.17, 15) is 4.79 Å². The maximum atomic E-state index is 11.8. The SMILES string of the molecule is O=C(COc1cccc(Cl)c1)NCc1cccc(CBr)c1. The van der Waals surface area contributed by atoms with Crippen LogP contribution in [0.5, 0.6) is 5.75 Å². The van der Waals surface area contributed by atoms with Crippen molar-refractivity contribution in [3.63, 3.8) is 0 Å². The zero-order valence-electron chi connectivity index (χ0n) is 11.3. The van der Waals surface area contributed by atoms with Crippen molar-refractivity contribution in [1.29, 1.82) is 0 Å². The van der Waals surface area contributed by atoms with Gasteiger partial charge in [-0.25, -0.2) is 0 Å². The van der Waals surface area contributed by atoms with Crippen LogP contribution in [0.15, 0.2) is 48.5 Å². The summed E-state index contributed by atoms with van der Waals surface area (Å²) in [5.41, 5.74) is 2.24. The van der Waals surface area contributed by atoms with E-state index in [1.54, 1.807) is 24.3 Å². The predicted octanol–water partition coefficient (Wildman–Crippen LogP) is 3.93. The molecule has 0 heterocycles. The lowest BCUT2D eigenvalue weighted by molar-refractivity contribution is -0.123. The second-order valence-electron chi connectivity index (χ2n) is 4.48. The number of halogens is 2. The molecule has 0 spiro atoms. The maximum Gasteiger partial charge on any atom is 0.258 e. The Balaban J connectivity index is 1.79. The summed E-state index contributed by atoms with van der Waals surface area (Å²) in [5.74, 6) is 0.415. The van der Waals surface area contributed by atoms with E-state index >= 15 is 0 Å². The van der Waals surface area contributed by atoms with Gasteiger partial charge in [0.1, 0.15) is 5.75 Å². The van der Waals surface area contributed by atoms with Crippen molar-refractivity contribution in [2.75, 3.05) is 6.61 Å². The molecule has 0 aliphatic carbocycles. The molecular weight excluding hydrogens is 354 g/mol. The van der Waals surface area contributed by atoms with Gasteiger partial charge in [0.2, 0.25) is 0 Å². The van der Waals surface area contributed by atoms with Crippen molar-refractivity contribution >= 4 is 33.4 Å². The van der Waals surface area contributed by atoms with Gasteiger partial charge < -0.3 is 10.1 Å². The topological polar surface area (TPSA) is 38.3 Å². The first-order valence-electron chi connectivity index (χ1n) is 6.46. The Morgan fingerprint density at radius 2 is 1.90 bits per heavy atom. The van der Waals surface area contributed by atoms with E-state index in [-0.39, 0.29) is 12.5 Å². The van der Waals surface area contributed by atoms with Crippen molar-refractivity contribution < 1.29 is 9.53 Å². The Kier molecular flexibility index (Phi) is 6.08. The first-order valence-corrected chi connectivity index (χ1v) is 7.96. The molecule has 5 heteroatoms. The van der Waals surface area contributed by atoms with Gasteiger partial charge in [0, 0.05) is 16.9 Å². The molecule has 110 valence electrons. The molecule has 3 nitrogen and oxygen atoms in total. The predicted molar refractivity (Wildman–Crippen MR) is 87.9 cm³/mol. The van der Waals surface area contributed by atoms with Crippen LogP contribution in [0, 0.1) is 0 Å². The zero-order valence-corrected chi connectivity index (χ0v) is 13.7. The number of amides is 1. The zero-order chi connectivity index (χ0) is 15.1. The van der Waals surface area contributed by atoms with E-state index in [4.69, 9.17) is 16.3 Å². The minimum absolute atomic E-state index is 0.0293. The molecule has 0 fully saturated rings. The highest BCUT2D eigenvalue weighted by molar-refractivity contribution is 9.08. The van der Waals surface area contributed by atoms with E-state index in [2.05, 4.69) is 21.2 Å². The van der Waals surface area contributed by atoms with E-state index in [1.807, 2.05) is 24.3 Å². The molecular formula is C16H15BrClNO2. The van der Waals surface area contributed by atoms with Crippen molar-refractivity contribution in [3.05, 3.63) is 64.7 Å². The van der Waals surface area contributed by atoms with Crippen LogP contribution in [0.3, 0.4) is 0 Å². The van der Waals surface area contributed by atoms with Gasteiger partial charge in [-0.15, -0.1) is 0 Å². The van der Waals surface area contributed by atoms with E-state index < -0.39 is 0 Å². The fourth-order valence-electron chi connectivity index (χ4n) is 1.78. The average Bonchev–Trinajstić information content (AvgIpc) is 2.51. The fourth-order valence-corrected chi connectivity index (χ4v) is 2.31. The molecule has 0 saturated heterocycles. The third-order valence-electron chi connectivity index (χ3n) is 2.80. The third kappa shape index (κ3) is 5.40. The second-order valence-corrected chi connectivity index (χ2v) is 5.47. The average molecular weight is 369 g/mol. The van der Waals surface area contributed by atoms with Gasteiger partial charge in [-0.05, 0) is 29.3 Å². The molecule has 21 heavy (non-hydrogen) atoms. The lowest BCUT2D eigenvalue weighted by atomic mass is 10.1. The van der Waals surface area contributed by atoms with Gasteiger partial charge in [-0.2, -0.15) is 0 Å². The summed E-state index contributed by atoms with van der Waals surface area (Å²) in [7, 11) is 0. The first-order chi connectivity index (χ1) is 10.2. The molecule has 1 amide bonds. The molecule has 2 aromatic carbocycles. The minimum Gasteiger partial charge on any atom is -0.484 e. The van der Waals surface area contributed by atoms with Crippen LogP contribution in [0.1, 0.15) is 11.1 Å². The summed E-state index contributed by atoms with van der Waals surface area (Å²) in [5, 5.41) is 4.20. The van der Waals surface area contributed by atoms with E-state index in [0.29, 0.717) is 17.3 Å². The highest BCUT2D eigenvalue weighted by Gasteiger charge is 2.03. The number of hydrogen-bond acceptors (Lipinski definition) is 2. The molecule has 0 radical (unpaired) electrons. The quantitative estimate of drug-likeness (QED) is 0.785. The normalized spacial score (nSPS) is 10.2. The molecule has 2 rings (SSSR count). The smallest absolute Gasteiger partial charge is 0.258 e. The number of carbonyl (C=O) groups excluding carboxylic acids is 1. The number of benzene rings is 2. The Labute approximate surface area is 137 Å². The highest BCUT2D eigenvalue weighted by atomic mass is 79.9. The van der Waals surface area contributed by atoms with Crippen LogP contribution >= 0.6 is 27.5 Å². The number of carbonyl (C=O) groups is 1. The maximum absolute atomic E-state index is 11.8. The van der Waals surface area contributed by atoms with Crippen LogP contribution in [-0.4, -0.2) is 12.5 Å². The first kappa shape index (κ1) is 15.9. The molecule has 0 aliphatic rings. The Bertz CT molecular complexity index is 619. The molecule has 0 bridgehead atoms. The van der Waals surface area contributed by atoms with Gasteiger partial charge in [-0.1, -0.05) is 57.9 Å². The molecule has 0 unspecified atom stereocenters. The Hall–Kier alpha value is -1.52. The van der Waals surface area contributed by atoms with Crippen LogP contribution in [0.25, 0.3) is 0 Å². The number of nitrogens with one attached hydrogen (secondary N) is 1. The van der Waals surface area contributed by atoms with E-state index in [1.165, 1.54) is 5.56 Å². The summed E-state index contributed by atoms with van der Waals surface area (Å²) in [6.45, 7) is 0.455. The standard InChI is InChI=1S/C16H15BrClNO2/c17-9-12-3-1-4-13(7-12)10-19-16(20)11-21-15-6-2-5-14(18)8-15/h1-8H,9-11H2,(H,19,20). The molecule has 1 N–H and O–H groups in total. The summed E-state index contributed by atoms with van der Waals surface area (Å²) in [6, 6.07) is 15.0. The van der Waals surface area contributed by atoms with Gasteiger partial charge in [0.05, 0.1) is 0 Å². The van der Waals surface area contributed by atoms with Crippen LogP contribution < -0.4 is 10.1 Å². The summed E-state index contributed by atoms with van der Waals surface area (Å²) >= 11 is 9.26. The van der Waals surface area contributed by atoms with Crippen molar-refractivity contribution in [3.8, 4) is 5.75 Å². The Morgan fingerprint density at radius 1 is 1.14 bits per heavy atom. The summed E-state index contributed by atoms with van der Waals surface area (Å²) in [4.78, 5) is 11.8. The van der Waals surface area contributed by atoms with Crippen molar-refractivity contribution in [2.24, 2.45) is 0 Å². The monoisotopic (exact) mass is 367 g/mol. The minimum atomic E-state index is -0.167. The van der Waals surface area contributed by atoms with Crippen LogP contribution in [0.2, 0.25) is 5.02 Å². The lowest BCUT2D eigenvalue weighted by Gasteiger charge is -2.08. The summed E-state index contributed by atoms with van der Waals surface area (Å²) in [6.07, 6.45) is 0. The molecule has 2 aromatic rings. The number of alkyl halides is 1. The Morgan fingerprint density at radius 3 is 2.67 bits per heavy atom. The summed E-state index contributed by atoms with van der Waals surface area (Å²) < 4.78 is 5.38. The van der Waals surface area contributed by atoms with Gasteiger partial charge in [0.15, 0.2) is 6.61 Å². The number of ether oxygens (including phenoxy) is 1. The van der Waals surface area contributed by atoms with Gasteiger partial charge in [0.25, 0.3) is 5.91 Å². The molecule has 0 saturated carbocycles. The second kappa shape index (κ2) is 8.05. The lowest BCUT2D eigenvalue weighted by Crippen LogP contribution is -2.28.